The van der Waals surface area contributed by atoms with Gasteiger partial charge in [-0.05, 0) is 140 Å². The van der Waals surface area contributed by atoms with Crippen LogP contribution >= 0.6 is 23.4 Å². The highest BCUT2D eigenvalue weighted by atomic mass is 35.5. The zero-order chi connectivity index (χ0) is 58.0. The van der Waals surface area contributed by atoms with Gasteiger partial charge in [0.15, 0.2) is 0 Å². The molecule has 6 heterocycles. The van der Waals surface area contributed by atoms with Gasteiger partial charge < -0.3 is 10.2 Å². The van der Waals surface area contributed by atoms with Gasteiger partial charge in [-0.1, -0.05) is 61.4 Å². The molecule has 16 nitrogen and oxygen atoms in total. The molecule has 0 spiro atoms. The number of nitrogens with one attached hydrogen (secondary N) is 3. The summed E-state index contributed by atoms with van der Waals surface area (Å²) in [5.41, 5.74) is -0.198. The molecule has 23 heteroatoms. The van der Waals surface area contributed by atoms with E-state index in [-0.39, 0.29) is 41.9 Å². The van der Waals surface area contributed by atoms with Crippen molar-refractivity contribution in [1.82, 2.24) is 29.7 Å². The quantitative estimate of drug-likeness (QED) is 0.0664. The molecule has 3 N–H and O–H groups in total. The van der Waals surface area contributed by atoms with E-state index in [4.69, 9.17) is 11.6 Å². The van der Waals surface area contributed by atoms with Crippen molar-refractivity contribution in [3.05, 3.63) is 143 Å². The van der Waals surface area contributed by atoms with Crippen molar-refractivity contribution in [3.8, 4) is 0 Å². The van der Waals surface area contributed by atoms with E-state index >= 15 is 0 Å². The fourth-order valence-corrected chi connectivity index (χ4v) is 15.0. The van der Waals surface area contributed by atoms with Crippen LogP contribution in [0.2, 0.25) is 5.02 Å². The van der Waals surface area contributed by atoms with Crippen LogP contribution in [0.5, 0.6) is 0 Å². The molecule has 1 aromatic heterocycles. The monoisotopic (exact) mass is 1200 g/mol. The number of hydrogen-bond acceptors (Lipinski definition) is 14. The minimum Gasteiger partial charge on any atom is -0.380 e. The molecule has 436 valence electrons. The van der Waals surface area contributed by atoms with E-state index < -0.39 is 58.8 Å². The number of piperidine rings is 2. The predicted octanol–water partition coefficient (Wildman–Crippen LogP) is 9.69. The summed E-state index contributed by atoms with van der Waals surface area (Å²) in [6, 6.07) is 29.3. The van der Waals surface area contributed by atoms with Gasteiger partial charge in [-0.15, -0.1) is 11.8 Å². The van der Waals surface area contributed by atoms with Crippen LogP contribution in [-0.4, -0.2) is 143 Å². The molecule has 5 aromatic rings. The molecule has 4 amide bonds. The topological polar surface area (TPSA) is 185 Å². The van der Waals surface area contributed by atoms with Crippen molar-refractivity contribution in [2.24, 2.45) is 5.41 Å². The largest absolute Gasteiger partial charge is 0.501 e. The molecule has 0 saturated carbocycles. The molecule has 11 rings (SSSR count). The summed E-state index contributed by atoms with van der Waals surface area (Å²) in [5, 5.41) is 6.12. The minimum absolute atomic E-state index is 0.0184. The van der Waals surface area contributed by atoms with E-state index in [0.717, 1.165) is 106 Å². The Kier molecular flexibility index (Phi) is 17.8. The number of thioether (sulfide) groups is 1. The van der Waals surface area contributed by atoms with Gasteiger partial charge in [-0.3, -0.25) is 34.5 Å². The number of sulfone groups is 1. The van der Waals surface area contributed by atoms with Gasteiger partial charge >= 0.3 is 11.5 Å². The van der Waals surface area contributed by atoms with Crippen LogP contribution in [-0.2, 0) is 31.2 Å². The van der Waals surface area contributed by atoms with E-state index in [2.05, 4.69) is 61.2 Å². The lowest BCUT2D eigenvalue weighted by Gasteiger charge is -2.52. The Bertz CT molecular complexity index is 3420. The maximum Gasteiger partial charge on any atom is 0.501 e. The number of hydrogen-bond donors (Lipinski definition) is 3. The lowest BCUT2D eigenvalue weighted by molar-refractivity contribution is -0.120. The van der Waals surface area contributed by atoms with Crippen LogP contribution in [0.4, 0.5) is 35.2 Å². The number of rotatable bonds is 19. The Morgan fingerprint density at radius 2 is 1.55 bits per heavy atom. The summed E-state index contributed by atoms with van der Waals surface area (Å²) in [6.45, 7) is 11.4. The molecule has 82 heavy (non-hydrogen) atoms. The van der Waals surface area contributed by atoms with Gasteiger partial charge in [0.2, 0.25) is 5.91 Å². The molecule has 3 atom stereocenters. The van der Waals surface area contributed by atoms with E-state index in [0.29, 0.717) is 42.2 Å². The average molecular weight is 1200 g/mol. The number of piperazine rings is 2. The van der Waals surface area contributed by atoms with Crippen LogP contribution in [0.1, 0.15) is 80.3 Å². The first kappa shape index (κ1) is 59.2. The summed E-state index contributed by atoms with van der Waals surface area (Å²) >= 11 is 7.66. The number of aromatic nitrogens is 1. The first-order chi connectivity index (χ1) is 39.1. The summed E-state index contributed by atoms with van der Waals surface area (Å²) in [7, 11) is -11.0. The number of urea groups is 1. The predicted molar refractivity (Wildman–Crippen MR) is 313 cm³/mol. The third kappa shape index (κ3) is 14.0. The summed E-state index contributed by atoms with van der Waals surface area (Å²) in [6.07, 6.45) is 7.23. The Hall–Kier alpha value is -6.01. The zero-order valence-corrected chi connectivity index (χ0v) is 48.9. The third-order valence-electron chi connectivity index (χ3n) is 16.3. The number of pyridine rings is 1. The summed E-state index contributed by atoms with van der Waals surface area (Å²) < 4.78 is 100. The lowest BCUT2D eigenvalue weighted by atomic mass is 9.73. The van der Waals surface area contributed by atoms with Gasteiger partial charge in [0.1, 0.15) is 10.7 Å². The molecule has 2 unspecified atom stereocenters. The Morgan fingerprint density at radius 3 is 2.23 bits per heavy atom. The number of carbonyl (C=O) groups excluding carboxylic acids is 3. The molecule has 5 aliphatic heterocycles. The Morgan fingerprint density at radius 1 is 0.841 bits per heavy atom. The number of carbonyl (C=O) groups is 3. The Balaban J connectivity index is 0.790. The SMILES string of the molecule is CC1(C)CCC(c2ccc(Cl)cc2)=C(CN2CCN(c3ccc(C(=O)NS(=O)(=O)c4ccc(N[C@H](CCN5CC6CCC5CN6Cc5ccnc(N6CCC(=O)NC6=O)c5)CSc5ccccc5)c(S(=O)(=O)C(F)(F)F)c4)cc3)CC2)C1. The van der Waals surface area contributed by atoms with E-state index in [1.165, 1.54) is 45.5 Å². The second-order valence-electron chi connectivity index (χ2n) is 22.6. The zero-order valence-electron chi connectivity index (χ0n) is 45.7. The number of alkyl halides is 3. The average Bonchev–Trinajstić information content (AvgIpc) is 3.37. The van der Waals surface area contributed by atoms with Gasteiger partial charge in [0.25, 0.3) is 25.8 Å². The van der Waals surface area contributed by atoms with Crippen molar-refractivity contribution < 1.29 is 44.4 Å². The summed E-state index contributed by atoms with van der Waals surface area (Å²) in [5.74, 6) is -0.583. The highest BCUT2D eigenvalue weighted by molar-refractivity contribution is 7.99. The number of halogens is 4. The van der Waals surface area contributed by atoms with Crippen molar-refractivity contribution in [2.45, 2.75) is 104 Å². The number of benzene rings is 4. The van der Waals surface area contributed by atoms with Crippen molar-refractivity contribution in [1.29, 1.82) is 0 Å². The van der Waals surface area contributed by atoms with Crippen molar-refractivity contribution >= 4 is 83.8 Å². The van der Waals surface area contributed by atoms with Gasteiger partial charge in [0, 0.05) is 123 Å². The number of anilines is 3. The van der Waals surface area contributed by atoms with Gasteiger partial charge in [0.05, 0.1) is 10.6 Å². The van der Waals surface area contributed by atoms with E-state index in [1.807, 2.05) is 59.3 Å². The highest BCUT2D eigenvalue weighted by Crippen LogP contribution is 2.43. The molecule has 5 fully saturated rings. The van der Waals surface area contributed by atoms with E-state index in [1.54, 1.807) is 18.3 Å². The highest BCUT2D eigenvalue weighted by Gasteiger charge is 2.49. The maximum absolute atomic E-state index is 14.5. The molecule has 4 aromatic carbocycles. The van der Waals surface area contributed by atoms with Crippen LogP contribution in [0.25, 0.3) is 5.57 Å². The molecule has 5 saturated heterocycles. The molecular formula is C59H67ClF3N9O7S3. The summed E-state index contributed by atoms with van der Waals surface area (Å²) in [4.78, 5) is 51.8. The molecule has 6 aliphatic rings. The van der Waals surface area contributed by atoms with Crippen LogP contribution in [0.15, 0.2) is 136 Å². The molecule has 2 bridgehead atoms. The van der Waals surface area contributed by atoms with Crippen molar-refractivity contribution in [2.75, 3.05) is 79.8 Å². The van der Waals surface area contributed by atoms with E-state index in [9.17, 15) is 44.4 Å². The number of imide groups is 1. The van der Waals surface area contributed by atoms with Crippen LogP contribution in [0, 0.1) is 5.41 Å². The second kappa shape index (κ2) is 24.7. The minimum atomic E-state index is -6.13. The Labute approximate surface area is 486 Å². The fraction of sp³-hybridized carbons (Fsp3) is 0.424. The van der Waals surface area contributed by atoms with Gasteiger partial charge in [-0.25, -0.2) is 31.3 Å². The molecule has 0 radical (unpaired) electrons. The smallest absolute Gasteiger partial charge is 0.380 e. The number of nitrogens with zero attached hydrogens (tertiary/aromatic N) is 6. The molecular weight excluding hydrogens is 1140 g/mol. The second-order valence-corrected chi connectivity index (χ2v) is 27.7. The number of sulfonamides is 1. The first-order valence-electron chi connectivity index (χ1n) is 27.6. The third-order valence-corrected chi connectivity index (χ3v) is 20.6. The first-order valence-corrected chi connectivity index (χ1v) is 32.0. The number of allylic oxidation sites excluding steroid dienone is 1. The normalized spacial score (nSPS) is 20.7. The number of fused-ring (bicyclic) bond motifs is 3. The maximum atomic E-state index is 14.5. The lowest BCUT2D eigenvalue weighted by Crippen LogP contribution is -2.62. The standard InChI is InChI=1S/C59H67ClF3N9O7S3/c1-58(2)24-20-51(41-8-12-44(60)13-9-41)43(34-58)36-68-28-30-69(31-29-68)46-14-10-42(11-15-46)56(74)67-82(78,79)50-18-19-52(53(33-50)81(76,77)59(61,62)63)65-45(39-80-49-6-4-3-5-7-49)22-26-70-37-48-17-16-47(70)38-71(48)35-40-21-25-64-54(32-40)72-27-23-55(73)66-57(72)75/h3-15,18-19,21,25,32-33,45,47-48,65H,16-17,20,22-24,26-31,34-39H2,1-2H3,(H,67,74)(H,66,73,75)/t45-,47?,48?/m1/s1. The van der Waals surface area contributed by atoms with Crippen LogP contribution < -0.4 is 25.2 Å². The van der Waals surface area contributed by atoms with Crippen molar-refractivity contribution in [3.63, 3.8) is 0 Å². The van der Waals surface area contributed by atoms with Crippen LogP contribution in [0.3, 0.4) is 0 Å². The van der Waals surface area contributed by atoms with Gasteiger partial charge in [-0.2, -0.15) is 13.2 Å². The molecule has 1 aliphatic carbocycles. The fourth-order valence-electron chi connectivity index (χ4n) is 11.8. The number of amides is 4.